The third-order valence-corrected chi connectivity index (χ3v) is 8.95. The van der Waals surface area contributed by atoms with Crippen LogP contribution in [0, 0.1) is 19.3 Å². The van der Waals surface area contributed by atoms with Crippen molar-refractivity contribution in [2.75, 3.05) is 44.8 Å². The number of benzene rings is 1. The molecule has 1 amide bonds. The maximum atomic E-state index is 12.3. The number of carbonyl (C=O) groups excluding carboxylic acids is 1. The summed E-state index contributed by atoms with van der Waals surface area (Å²) >= 11 is 13.1. The molecule has 1 N–H and O–H groups in total. The Bertz CT molecular complexity index is 1470. The van der Waals surface area contributed by atoms with E-state index in [1.807, 2.05) is 33.9 Å². The Labute approximate surface area is 256 Å². The standard InChI is InChI=1S/C30H38Cl2N6O4/c1-6-8-20(39)14-42-21-9-10-23(31)22(13-21)27-33-24(25-19(3)26(32)35-36(25)4)18(2)28(34-27)38-16-30(17-38)11-7-12-37(15-30)29(40)41-5/h9-10,13,20,39H,6-8,11-12,14-17H2,1-5H3/t20-/m1/s1. The summed E-state index contributed by atoms with van der Waals surface area (Å²) in [7, 11) is 3.27. The van der Waals surface area contributed by atoms with Crippen molar-refractivity contribution in [1.82, 2.24) is 24.6 Å². The molecule has 1 spiro atoms. The second-order valence-electron chi connectivity index (χ2n) is 11.5. The Morgan fingerprint density at radius 3 is 2.60 bits per heavy atom. The minimum Gasteiger partial charge on any atom is -0.491 e. The average molecular weight is 618 g/mol. The molecule has 2 saturated heterocycles. The van der Waals surface area contributed by atoms with E-state index in [9.17, 15) is 9.90 Å². The van der Waals surface area contributed by atoms with E-state index < -0.39 is 6.10 Å². The van der Waals surface area contributed by atoms with E-state index in [1.54, 1.807) is 21.7 Å². The molecule has 0 bridgehead atoms. The molecule has 4 heterocycles. The number of rotatable bonds is 8. The fourth-order valence-electron chi connectivity index (χ4n) is 6.13. The Morgan fingerprint density at radius 1 is 1.17 bits per heavy atom. The third-order valence-electron chi connectivity index (χ3n) is 8.26. The molecule has 0 unspecified atom stereocenters. The average Bonchev–Trinajstić information content (AvgIpc) is 3.21. The van der Waals surface area contributed by atoms with Crippen molar-refractivity contribution in [2.24, 2.45) is 12.5 Å². The van der Waals surface area contributed by atoms with Crippen molar-refractivity contribution in [3.05, 3.63) is 39.5 Å². The summed E-state index contributed by atoms with van der Waals surface area (Å²) in [6.07, 6.45) is 2.67. The van der Waals surface area contributed by atoms with E-state index in [2.05, 4.69) is 10.00 Å². The monoisotopic (exact) mass is 616 g/mol. The molecule has 12 heteroatoms. The predicted molar refractivity (Wildman–Crippen MR) is 163 cm³/mol. The van der Waals surface area contributed by atoms with Crippen molar-refractivity contribution in [3.8, 4) is 28.5 Å². The number of piperidine rings is 1. The van der Waals surface area contributed by atoms with E-state index >= 15 is 0 Å². The van der Waals surface area contributed by atoms with Gasteiger partial charge in [0.15, 0.2) is 11.0 Å². The largest absolute Gasteiger partial charge is 0.491 e. The minimum absolute atomic E-state index is 0.0133. The molecule has 0 radical (unpaired) electrons. The highest BCUT2D eigenvalue weighted by Gasteiger charge is 2.48. The second-order valence-corrected chi connectivity index (χ2v) is 12.2. The summed E-state index contributed by atoms with van der Waals surface area (Å²) in [6.45, 7) is 9.03. The summed E-state index contributed by atoms with van der Waals surface area (Å²) < 4.78 is 12.6. The van der Waals surface area contributed by atoms with Crippen LogP contribution in [0.2, 0.25) is 10.2 Å². The maximum Gasteiger partial charge on any atom is 0.409 e. The number of aliphatic hydroxyl groups is 1. The Morgan fingerprint density at radius 2 is 1.93 bits per heavy atom. The molecule has 2 aliphatic heterocycles. The number of amides is 1. The molecule has 10 nitrogen and oxygen atoms in total. The lowest BCUT2D eigenvalue weighted by Gasteiger charge is -2.55. The number of aryl methyl sites for hydroxylation is 1. The number of hydrogen-bond donors (Lipinski definition) is 1. The van der Waals surface area contributed by atoms with Gasteiger partial charge in [-0.3, -0.25) is 4.68 Å². The maximum absolute atomic E-state index is 12.3. The molecular weight excluding hydrogens is 579 g/mol. The van der Waals surface area contributed by atoms with E-state index in [0.717, 1.165) is 60.7 Å². The van der Waals surface area contributed by atoms with Crippen LogP contribution >= 0.6 is 23.2 Å². The van der Waals surface area contributed by atoms with Crippen molar-refractivity contribution in [1.29, 1.82) is 0 Å². The van der Waals surface area contributed by atoms with Crippen LogP contribution in [0.25, 0.3) is 22.8 Å². The number of anilines is 1. The number of hydrogen-bond acceptors (Lipinski definition) is 8. The van der Waals surface area contributed by atoms with E-state index in [4.69, 9.17) is 42.6 Å². The van der Waals surface area contributed by atoms with Gasteiger partial charge < -0.3 is 24.4 Å². The van der Waals surface area contributed by atoms with Gasteiger partial charge in [-0.15, -0.1) is 0 Å². The van der Waals surface area contributed by atoms with Gasteiger partial charge in [-0.25, -0.2) is 14.8 Å². The smallest absolute Gasteiger partial charge is 0.409 e. The van der Waals surface area contributed by atoms with Gasteiger partial charge in [0.1, 0.15) is 18.2 Å². The van der Waals surface area contributed by atoms with Gasteiger partial charge >= 0.3 is 6.09 Å². The van der Waals surface area contributed by atoms with E-state index in [0.29, 0.717) is 46.8 Å². The van der Waals surface area contributed by atoms with Crippen molar-refractivity contribution in [2.45, 2.75) is 52.6 Å². The van der Waals surface area contributed by atoms with Crippen LogP contribution in [-0.4, -0.2) is 81.8 Å². The quantitative estimate of drug-likeness (QED) is 0.345. The Kier molecular flexibility index (Phi) is 8.87. The van der Waals surface area contributed by atoms with Crippen molar-refractivity contribution in [3.63, 3.8) is 0 Å². The van der Waals surface area contributed by atoms with E-state index in [1.165, 1.54) is 7.11 Å². The molecule has 5 rings (SSSR count). The van der Waals surface area contributed by atoms with Gasteiger partial charge in [0.25, 0.3) is 0 Å². The van der Waals surface area contributed by atoms with Gasteiger partial charge in [0, 0.05) is 55.3 Å². The lowest BCUT2D eigenvalue weighted by Crippen LogP contribution is -2.64. The molecular formula is C30H38Cl2N6O4. The van der Waals surface area contributed by atoms with Gasteiger partial charge in [-0.1, -0.05) is 36.5 Å². The number of halogens is 2. The zero-order valence-electron chi connectivity index (χ0n) is 24.8. The zero-order chi connectivity index (χ0) is 30.2. The number of ether oxygens (including phenoxy) is 2. The number of carbonyl (C=O) groups is 1. The first-order valence-corrected chi connectivity index (χ1v) is 15.1. The molecule has 1 atom stereocenters. The number of likely N-dealkylation sites (tertiary alicyclic amines) is 1. The normalized spacial score (nSPS) is 16.9. The van der Waals surface area contributed by atoms with E-state index in [-0.39, 0.29) is 18.1 Å². The predicted octanol–water partition coefficient (Wildman–Crippen LogP) is 5.68. The molecule has 1 aromatic carbocycles. The first-order valence-electron chi connectivity index (χ1n) is 14.3. The minimum atomic E-state index is -0.547. The van der Waals surface area contributed by atoms with Gasteiger partial charge in [0.05, 0.1) is 29.6 Å². The molecule has 0 saturated carbocycles. The molecule has 0 aliphatic carbocycles. The fourth-order valence-corrected chi connectivity index (χ4v) is 6.54. The molecule has 2 aromatic heterocycles. The van der Waals surface area contributed by atoms with Crippen LogP contribution < -0.4 is 9.64 Å². The van der Waals surface area contributed by atoms with Crippen molar-refractivity contribution >= 4 is 35.1 Å². The number of nitrogens with zero attached hydrogens (tertiary/aromatic N) is 6. The summed E-state index contributed by atoms with van der Waals surface area (Å²) in [5, 5.41) is 15.5. The van der Waals surface area contributed by atoms with Crippen LogP contribution in [-0.2, 0) is 11.8 Å². The fraction of sp³-hybridized carbons (Fsp3) is 0.533. The second kappa shape index (κ2) is 12.3. The van der Waals surface area contributed by atoms with Crippen LogP contribution in [0.4, 0.5) is 10.6 Å². The van der Waals surface area contributed by atoms with Crippen molar-refractivity contribution < 1.29 is 19.4 Å². The summed E-state index contributed by atoms with van der Waals surface area (Å²) in [5.41, 5.74) is 3.86. The SMILES string of the molecule is CCC[C@@H](O)COc1ccc(Cl)c(-c2nc(-c3c(C)c(Cl)nn3C)c(C)c(N3CC4(CCCN(C(=O)OC)C4)C3)n2)c1. The van der Waals surface area contributed by atoms with Gasteiger partial charge in [-0.2, -0.15) is 5.10 Å². The first-order chi connectivity index (χ1) is 20.1. The summed E-state index contributed by atoms with van der Waals surface area (Å²) in [4.78, 5) is 26.4. The topological polar surface area (TPSA) is 106 Å². The Hall–Kier alpha value is -3.08. The lowest BCUT2D eigenvalue weighted by molar-refractivity contribution is 0.0501. The Balaban J connectivity index is 1.53. The van der Waals surface area contributed by atoms with Gasteiger partial charge in [-0.05, 0) is 51.3 Å². The third kappa shape index (κ3) is 5.89. The lowest BCUT2D eigenvalue weighted by atomic mass is 9.73. The first kappa shape index (κ1) is 30.4. The number of aliphatic hydroxyl groups excluding tert-OH is 1. The van der Waals surface area contributed by atoms with Crippen LogP contribution in [0.3, 0.4) is 0 Å². The molecule has 42 heavy (non-hydrogen) atoms. The molecule has 3 aromatic rings. The van der Waals surface area contributed by atoms with Crippen LogP contribution in [0.15, 0.2) is 18.2 Å². The highest BCUT2D eigenvalue weighted by atomic mass is 35.5. The van der Waals surface area contributed by atoms with Gasteiger partial charge in [0.2, 0.25) is 0 Å². The number of methoxy groups -OCH3 is 1. The highest BCUT2D eigenvalue weighted by molar-refractivity contribution is 6.33. The molecule has 2 aliphatic rings. The molecule has 2 fully saturated rings. The molecule has 226 valence electrons. The van der Waals surface area contributed by atoms with Crippen LogP contribution in [0.5, 0.6) is 5.75 Å². The number of aromatic nitrogens is 4. The summed E-state index contributed by atoms with van der Waals surface area (Å²) in [5.74, 6) is 1.82. The zero-order valence-corrected chi connectivity index (χ0v) is 26.3. The highest BCUT2D eigenvalue weighted by Crippen LogP contribution is 2.44. The van der Waals surface area contributed by atoms with Crippen LogP contribution in [0.1, 0.15) is 43.7 Å². The summed E-state index contributed by atoms with van der Waals surface area (Å²) in [6, 6.07) is 5.35.